The molecule has 0 atom stereocenters. The largest absolute Gasteiger partial charge is 0.381 e. The molecular weight excluding hydrogens is 465 g/mol. The molecule has 1 aliphatic heterocycles. The standard InChI is InChI=1S/C19H30ClN3O2.HI/c1-21-19(23(2)10-6-16-7-11-24-12-8-16)22-9-13-25-15-17-4-3-5-18(20)14-17;/h3-5,14,16H,6-13,15H2,1-2H3,(H,21,22);1H. The molecule has 1 saturated heterocycles. The van der Waals surface area contributed by atoms with Gasteiger partial charge >= 0.3 is 0 Å². The van der Waals surface area contributed by atoms with E-state index in [1.165, 1.54) is 19.3 Å². The third-order valence-electron chi connectivity index (χ3n) is 4.47. The predicted molar refractivity (Wildman–Crippen MR) is 119 cm³/mol. The molecule has 0 aliphatic carbocycles. The Bertz CT molecular complexity index is 539. The Hall–Kier alpha value is -0.570. The Labute approximate surface area is 179 Å². The minimum Gasteiger partial charge on any atom is -0.381 e. The highest BCUT2D eigenvalue weighted by molar-refractivity contribution is 14.0. The number of halogens is 2. The summed E-state index contributed by atoms with van der Waals surface area (Å²) in [7, 11) is 3.90. The zero-order valence-corrected chi connectivity index (χ0v) is 18.8. The molecule has 0 amide bonds. The third kappa shape index (κ3) is 8.88. The van der Waals surface area contributed by atoms with E-state index in [9.17, 15) is 0 Å². The second-order valence-electron chi connectivity index (χ2n) is 6.42. The van der Waals surface area contributed by atoms with Crippen LogP contribution in [-0.2, 0) is 16.1 Å². The van der Waals surface area contributed by atoms with E-state index in [2.05, 4.69) is 22.3 Å². The molecule has 1 aliphatic rings. The minimum atomic E-state index is 0. The lowest BCUT2D eigenvalue weighted by molar-refractivity contribution is 0.0625. The van der Waals surface area contributed by atoms with Crippen molar-refractivity contribution < 1.29 is 9.47 Å². The van der Waals surface area contributed by atoms with Crippen LogP contribution in [0, 0.1) is 5.92 Å². The maximum atomic E-state index is 5.97. The molecule has 26 heavy (non-hydrogen) atoms. The van der Waals surface area contributed by atoms with E-state index >= 15 is 0 Å². The fraction of sp³-hybridized carbons (Fsp3) is 0.632. The van der Waals surface area contributed by atoms with Crippen molar-refractivity contribution in [3.8, 4) is 0 Å². The Kier molecular flexibility index (Phi) is 12.3. The molecule has 2 rings (SSSR count). The highest BCUT2D eigenvalue weighted by atomic mass is 127. The van der Waals surface area contributed by atoms with Crippen molar-refractivity contribution in [1.82, 2.24) is 10.2 Å². The van der Waals surface area contributed by atoms with E-state index in [-0.39, 0.29) is 24.0 Å². The fourth-order valence-corrected chi connectivity index (χ4v) is 3.17. The average Bonchev–Trinajstić information content (AvgIpc) is 2.63. The van der Waals surface area contributed by atoms with Crippen molar-refractivity contribution in [2.45, 2.75) is 25.9 Å². The van der Waals surface area contributed by atoms with Crippen molar-refractivity contribution in [1.29, 1.82) is 0 Å². The van der Waals surface area contributed by atoms with E-state index in [0.29, 0.717) is 13.2 Å². The first-order valence-corrected chi connectivity index (χ1v) is 9.38. The van der Waals surface area contributed by atoms with Gasteiger partial charge in [-0.05, 0) is 42.9 Å². The van der Waals surface area contributed by atoms with Gasteiger partial charge in [-0.25, -0.2) is 0 Å². The van der Waals surface area contributed by atoms with Gasteiger partial charge in [0.2, 0.25) is 0 Å². The van der Waals surface area contributed by atoms with Crippen molar-refractivity contribution >= 4 is 41.5 Å². The van der Waals surface area contributed by atoms with Gasteiger partial charge in [-0.15, -0.1) is 24.0 Å². The zero-order valence-electron chi connectivity index (χ0n) is 15.7. The van der Waals surface area contributed by atoms with Gasteiger partial charge in [0.1, 0.15) is 0 Å². The maximum Gasteiger partial charge on any atom is 0.193 e. The van der Waals surface area contributed by atoms with Gasteiger partial charge in [-0.3, -0.25) is 4.99 Å². The number of nitrogens with zero attached hydrogens (tertiary/aromatic N) is 2. The van der Waals surface area contributed by atoms with Gasteiger partial charge in [0, 0.05) is 45.4 Å². The van der Waals surface area contributed by atoms with Crippen LogP contribution in [0.25, 0.3) is 0 Å². The second kappa shape index (κ2) is 13.6. The molecule has 0 saturated carbocycles. The SMILES string of the molecule is CN=C(NCCOCc1cccc(Cl)c1)N(C)CCC1CCOCC1.I. The molecular formula is C19H31ClIN3O2. The number of aliphatic imine (C=N–C) groups is 1. The van der Waals surface area contributed by atoms with Crippen LogP contribution in [0.5, 0.6) is 0 Å². The van der Waals surface area contributed by atoms with Crippen molar-refractivity contribution in [3.05, 3.63) is 34.9 Å². The number of rotatable bonds is 8. The lowest BCUT2D eigenvalue weighted by atomic mass is 9.96. The molecule has 0 spiro atoms. The summed E-state index contributed by atoms with van der Waals surface area (Å²) < 4.78 is 11.1. The summed E-state index contributed by atoms with van der Waals surface area (Å²) in [5.41, 5.74) is 1.09. The topological polar surface area (TPSA) is 46.1 Å². The van der Waals surface area contributed by atoms with Gasteiger partial charge in [0.25, 0.3) is 0 Å². The second-order valence-corrected chi connectivity index (χ2v) is 6.86. The molecule has 7 heteroatoms. The Morgan fingerprint density at radius 3 is 2.85 bits per heavy atom. The Morgan fingerprint density at radius 2 is 2.15 bits per heavy atom. The molecule has 0 bridgehead atoms. The fourth-order valence-electron chi connectivity index (χ4n) is 2.95. The van der Waals surface area contributed by atoms with Crippen molar-refractivity contribution in [2.75, 3.05) is 47.0 Å². The lowest BCUT2D eigenvalue weighted by Gasteiger charge is -2.26. The number of benzene rings is 1. The molecule has 1 aromatic carbocycles. The third-order valence-corrected chi connectivity index (χ3v) is 4.71. The minimum absolute atomic E-state index is 0. The molecule has 0 aromatic heterocycles. The van der Waals surface area contributed by atoms with Crippen molar-refractivity contribution in [2.24, 2.45) is 10.9 Å². The number of ether oxygens (including phenoxy) is 2. The predicted octanol–water partition coefficient (Wildman–Crippen LogP) is 3.80. The zero-order chi connectivity index (χ0) is 17.9. The van der Waals surface area contributed by atoms with Crippen LogP contribution < -0.4 is 5.32 Å². The molecule has 1 aromatic rings. The molecule has 148 valence electrons. The van der Waals surface area contributed by atoms with E-state index < -0.39 is 0 Å². The number of nitrogens with one attached hydrogen (secondary N) is 1. The first kappa shape index (κ1) is 23.5. The van der Waals surface area contributed by atoms with Gasteiger partial charge in [0.15, 0.2) is 5.96 Å². The van der Waals surface area contributed by atoms with E-state index in [1.54, 1.807) is 0 Å². The van der Waals surface area contributed by atoms with Crippen LogP contribution in [0.3, 0.4) is 0 Å². The van der Waals surface area contributed by atoms with E-state index in [1.807, 2.05) is 31.3 Å². The van der Waals surface area contributed by atoms with Gasteiger partial charge in [-0.1, -0.05) is 23.7 Å². The number of hydrogen-bond acceptors (Lipinski definition) is 3. The quantitative estimate of drug-likeness (QED) is 0.258. The Morgan fingerprint density at radius 1 is 1.38 bits per heavy atom. The van der Waals surface area contributed by atoms with Gasteiger partial charge < -0.3 is 19.7 Å². The summed E-state index contributed by atoms with van der Waals surface area (Å²) in [5, 5.41) is 4.10. The van der Waals surface area contributed by atoms with Crippen LogP contribution in [0.1, 0.15) is 24.8 Å². The molecule has 0 unspecified atom stereocenters. The summed E-state index contributed by atoms with van der Waals surface area (Å²) in [4.78, 5) is 6.54. The van der Waals surface area contributed by atoms with Crippen LogP contribution in [0.15, 0.2) is 29.3 Å². The van der Waals surface area contributed by atoms with Gasteiger partial charge in [-0.2, -0.15) is 0 Å². The molecule has 1 heterocycles. The Balaban J connectivity index is 0.00000338. The smallest absolute Gasteiger partial charge is 0.193 e. The van der Waals surface area contributed by atoms with Crippen LogP contribution in [0.2, 0.25) is 5.02 Å². The summed E-state index contributed by atoms with van der Waals surface area (Å²) in [5.74, 6) is 1.69. The average molecular weight is 496 g/mol. The van der Waals surface area contributed by atoms with Gasteiger partial charge in [0.05, 0.1) is 13.2 Å². The monoisotopic (exact) mass is 495 g/mol. The molecule has 1 fully saturated rings. The molecule has 0 radical (unpaired) electrons. The first-order valence-electron chi connectivity index (χ1n) is 9.00. The highest BCUT2D eigenvalue weighted by Crippen LogP contribution is 2.18. The van der Waals surface area contributed by atoms with Crippen LogP contribution >= 0.6 is 35.6 Å². The summed E-state index contributed by atoms with van der Waals surface area (Å²) in [6.45, 7) is 4.75. The maximum absolute atomic E-state index is 5.97. The number of guanidine groups is 1. The van der Waals surface area contributed by atoms with Crippen LogP contribution in [-0.4, -0.2) is 57.9 Å². The molecule has 1 N–H and O–H groups in total. The number of hydrogen-bond donors (Lipinski definition) is 1. The first-order chi connectivity index (χ1) is 12.2. The van der Waals surface area contributed by atoms with E-state index in [4.69, 9.17) is 21.1 Å². The highest BCUT2D eigenvalue weighted by Gasteiger charge is 2.15. The molecule has 5 nitrogen and oxygen atoms in total. The van der Waals surface area contributed by atoms with Crippen LogP contribution in [0.4, 0.5) is 0 Å². The lowest BCUT2D eigenvalue weighted by Crippen LogP contribution is -2.41. The summed E-state index contributed by atoms with van der Waals surface area (Å²) >= 11 is 5.97. The normalized spacial score (nSPS) is 15.4. The van der Waals surface area contributed by atoms with E-state index in [0.717, 1.165) is 48.8 Å². The van der Waals surface area contributed by atoms with Crippen molar-refractivity contribution in [3.63, 3.8) is 0 Å². The summed E-state index contributed by atoms with van der Waals surface area (Å²) in [6, 6.07) is 7.75. The summed E-state index contributed by atoms with van der Waals surface area (Å²) in [6.07, 6.45) is 3.54.